The van der Waals surface area contributed by atoms with E-state index in [4.69, 9.17) is 18.3 Å². The third kappa shape index (κ3) is 14.0. The van der Waals surface area contributed by atoms with E-state index >= 15 is 0 Å². The van der Waals surface area contributed by atoms with Gasteiger partial charge in [-0.1, -0.05) is 76.2 Å². The maximum absolute atomic E-state index is 14.1. The highest BCUT2D eigenvalue weighted by atomic mass is 28.4. The van der Waals surface area contributed by atoms with Crippen molar-refractivity contribution in [3.8, 4) is 0 Å². The zero-order valence-corrected chi connectivity index (χ0v) is 36.9. The van der Waals surface area contributed by atoms with Gasteiger partial charge >= 0.3 is 12.1 Å². The summed E-state index contributed by atoms with van der Waals surface area (Å²) in [4.78, 5) is 27.1. The second-order valence-corrected chi connectivity index (χ2v) is 27.1. The molecule has 49 heavy (non-hydrogen) atoms. The number of carbonyl (C=O) groups is 2. The molecule has 0 radical (unpaired) electrons. The van der Waals surface area contributed by atoms with E-state index in [1.54, 1.807) is 34.6 Å². The van der Waals surface area contributed by atoms with Crippen molar-refractivity contribution < 1.29 is 38.1 Å². The Labute approximate surface area is 302 Å². The van der Waals surface area contributed by atoms with E-state index in [1.807, 2.05) is 41.5 Å². The van der Waals surface area contributed by atoms with Crippen LogP contribution >= 0.6 is 0 Å². The maximum atomic E-state index is 14.1. The summed E-state index contributed by atoms with van der Waals surface area (Å²) in [7, 11) is -4.49. The lowest BCUT2D eigenvalue weighted by Gasteiger charge is -2.46. The van der Waals surface area contributed by atoms with Gasteiger partial charge < -0.3 is 33.9 Å². The van der Waals surface area contributed by atoms with E-state index < -0.39 is 70.2 Å². The number of rotatable bonds is 19. The zero-order valence-electron chi connectivity index (χ0n) is 34.9. The van der Waals surface area contributed by atoms with Gasteiger partial charge in [-0.3, -0.25) is 0 Å². The number of hydrogen-bond donors (Lipinski definition) is 3. The summed E-state index contributed by atoms with van der Waals surface area (Å²) in [5, 5.41) is 26.1. The summed E-state index contributed by atoms with van der Waals surface area (Å²) < 4.78 is 25.2. The number of hydrogen-bond acceptors (Lipinski definition) is 8. The fourth-order valence-electron chi connectivity index (χ4n) is 5.80. The normalized spacial score (nSPS) is 17.8. The van der Waals surface area contributed by atoms with Gasteiger partial charge in [0.25, 0.3) is 0 Å². The Morgan fingerprint density at radius 2 is 1.29 bits per heavy atom. The van der Waals surface area contributed by atoms with Crippen LogP contribution in [0.4, 0.5) is 4.79 Å². The number of amides is 1. The molecule has 6 atom stereocenters. The van der Waals surface area contributed by atoms with Gasteiger partial charge in [-0.2, -0.15) is 0 Å². The van der Waals surface area contributed by atoms with Gasteiger partial charge in [0.05, 0.1) is 18.2 Å². The molecule has 0 aromatic carbocycles. The van der Waals surface area contributed by atoms with Crippen LogP contribution in [0.3, 0.4) is 0 Å². The van der Waals surface area contributed by atoms with E-state index in [1.165, 1.54) is 0 Å². The fourth-order valence-corrected chi connectivity index (χ4v) is 10.1. The standard InChI is InChI=1S/C38H77NO8Si2/c1-20-30(46-48(18,19)37(13,14)15)38(16,17)33(41)31(40)27(8)26(7)28(9)44-34(42)32(47-49(21-2,22-3)23-4)29(24-25(5)6)39-35(43)45-36(10,11)12/h25,28-33,40-41H,20-24H2,1-19H3,(H,39,43)/b27-26+/t28-,29-,30-,31-,32?,33-/m0/s1. The summed E-state index contributed by atoms with van der Waals surface area (Å²) in [6.07, 6.45) is -3.81. The first-order chi connectivity index (χ1) is 22.1. The van der Waals surface area contributed by atoms with Crippen LogP contribution in [0.5, 0.6) is 0 Å². The summed E-state index contributed by atoms with van der Waals surface area (Å²) in [5.74, 6) is -0.425. The summed E-state index contributed by atoms with van der Waals surface area (Å²) in [6.45, 7) is 37.9. The smallest absolute Gasteiger partial charge is 0.407 e. The summed E-state index contributed by atoms with van der Waals surface area (Å²) in [6, 6.07) is 1.78. The molecule has 0 aromatic rings. The first-order valence-electron chi connectivity index (χ1n) is 18.6. The third-order valence-corrected chi connectivity index (χ3v) is 19.9. The average Bonchev–Trinajstić information content (AvgIpc) is 2.96. The molecule has 0 fully saturated rings. The van der Waals surface area contributed by atoms with E-state index in [9.17, 15) is 19.8 Å². The Balaban J connectivity index is 6.53. The molecule has 1 unspecified atom stereocenters. The Morgan fingerprint density at radius 3 is 1.67 bits per heavy atom. The summed E-state index contributed by atoms with van der Waals surface area (Å²) >= 11 is 0. The quantitative estimate of drug-likeness (QED) is 0.0683. The van der Waals surface area contributed by atoms with Crippen LogP contribution in [-0.4, -0.2) is 81.1 Å². The van der Waals surface area contributed by atoms with Crippen LogP contribution < -0.4 is 5.32 Å². The Bertz CT molecular complexity index is 1060. The van der Waals surface area contributed by atoms with Gasteiger partial charge in [0.15, 0.2) is 22.7 Å². The molecule has 0 aliphatic heterocycles. The van der Waals surface area contributed by atoms with Crippen LogP contribution in [0.2, 0.25) is 36.3 Å². The van der Waals surface area contributed by atoms with E-state index in [-0.39, 0.29) is 17.1 Å². The van der Waals surface area contributed by atoms with Gasteiger partial charge in [-0.15, -0.1) is 0 Å². The maximum Gasteiger partial charge on any atom is 0.407 e. The predicted molar refractivity (Wildman–Crippen MR) is 207 cm³/mol. The van der Waals surface area contributed by atoms with Crippen molar-refractivity contribution >= 4 is 28.7 Å². The van der Waals surface area contributed by atoms with Gasteiger partial charge in [-0.25, -0.2) is 9.59 Å². The molecule has 1 amide bonds. The molecule has 0 saturated heterocycles. The van der Waals surface area contributed by atoms with Crippen molar-refractivity contribution in [2.45, 2.75) is 209 Å². The number of aliphatic hydroxyl groups excluding tert-OH is 2. The molecule has 0 aliphatic carbocycles. The minimum Gasteiger partial charge on any atom is -0.456 e. The number of esters is 1. The molecule has 0 aromatic heterocycles. The minimum atomic E-state index is -2.34. The largest absolute Gasteiger partial charge is 0.456 e. The summed E-state index contributed by atoms with van der Waals surface area (Å²) in [5.41, 5.74) is -0.306. The number of nitrogens with one attached hydrogen (secondary N) is 1. The highest BCUT2D eigenvalue weighted by Gasteiger charge is 2.47. The van der Waals surface area contributed by atoms with Crippen LogP contribution in [0.1, 0.15) is 131 Å². The average molecular weight is 732 g/mol. The molecule has 11 heteroatoms. The minimum absolute atomic E-state index is 0.00249. The molecule has 0 spiro atoms. The molecule has 9 nitrogen and oxygen atoms in total. The first kappa shape index (κ1) is 47.8. The van der Waals surface area contributed by atoms with Crippen molar-refractivity contribution in [2.24, 2.45) is 11.3 Å². The van der Waals surface area contributed by atoms with E-state index in [0.717, 1.165) is 18.1 Å². The second kappa shape index (κ2) is 19.0. The van der Waals surface area contributed by atoms with Crippen LogP contribution in [0.25, 0.3) is 0 Å². The van der Waals surface area contributed by atoms with Gasteiger partial charge in [0.1, 0.15) is 17.8 Å². The van der Waals surface area contributed by atoms with Crippen molar-refractivity contribution in [3.05, 3.63) is 11.1 Å². The molecular weight excluding hydrogens is 655 g/mol. The molecule has 0 heterocycles. The monoisotopic (exact) mass is 732 g/mol. The number of aliphatic hydroxyl groups is 2. The number of ether oxygens (including phenoxy) is 2. The molecule has 3 N–H and O–H groups in total. The van der Waals surface area contributed by atoms with Crippen molar-refractivity contribution in [2.75, 3.05) is 0 Å². The van der Waals surface area contributed by atoms with Crippen LogP contribution in [0.15, 0.2) is 11.1 Å². The second-order valence-electron chi connectivity index (χ2n) is 17.6. The molecule has 0 bridgehead atoms. The Kier molecular flexibility index (Phi) is 18.5. The van der Waals surface area contributed by atoms with Crippen LogP contribution in [0, 0.1) is 11.3 Å². The topological polar surface area (TPSA) is 124 Å². The third-order valence-electron chi connectivity index (χ3n) is 10.8. The first-order valence-corrected chi connectivity index (χ1v) is 24.1. The van der Waals surface area contributed by atoms with Crippen molar-refractivity contribution in [3.63, 3.8) is 0 Å². The van der Waals surface area contributed by atoms with E-state index in [2.05, 4.69) is 60.0 Å². The number of carbonyl (C=O) groups excluding carboxylic acids is 2. The molecule has 290 valence electrons. The lowest BCUT2D eigenvalue weighted by molar-refractivity contribution is -0.157. The zero-order chi connectivity index (χ0) is 38.9. The molecule has 0 saturated carbocycles. The lowest BCUT2D eigenvalue weighted by atomic mass is 9.75. The van der Waals surface area contributed by atoms with Crippen LogP contribution in [-0.2, 0) is 23.1 Å². The Morgan fingerprint density at radius 1 is 0.796 bits per heavy atom. The van der Waals surface area contributed by atoms with E-state index in [0.29, 0.717) is 24.0 Å². The predicted octanol–water partition coefficient (Wildman–Crippen LogP) is 9.13. The highest BCUT2D eigenvalue weighted by molar-refractivity contribution is 6.74. The van der Waals surface area contributed by atoms with Crippen molar-refractivity contribution in [1.29, 1.82) is 0 Å². The molecule has 0 aliphatic rings. The molecule has 0 rings (SSSR count). The Hall–Kier alpha value is -1.25. The fraction of sp³-hybridized carbons (Fsp3) is 0.895. The number of alkyl carbamates (subject to hydrolysis) is 1. The van der Waals surface area contributed by atoms with Crippen molar-refractivity contribution in [1.82, 2.24) is 5.32 Å². The SMILES string of the molecule is CC[C@H](O[Si](C)(C)C(C)(C)C)C(C)(C)[C@@H](O)[C@@H](O)/C(C)=C(\C)[C@H](C)OC(=O)C(O[Si](CC)(CC)CC)[C@H](CC(C)C)NC(=O)OC(C)(C)C. The lowest BCUT2D eigenvalue weighted by Crippen LogP contribution is -2.55. The molecular formula is C38H77NO8Si2. The highest BCUT2D eigenvalue weighted by Crippen LogP contribution is 2.42. The van der Waals surface area contributed by atoms with Gasteiger partial charge in [-0.05, 0) is 108 Å². The van der Waals surface area contributed by atoms with Gasteiger partial charge in [0.2, 0.25) is 0 Å². The van der Waals surface area contributed by atoms with Gasteiger partial charge in [0, 0.05) is 5.41 Å².